The first-order valence-corrected chi connectivity index (χ1v) is 9.77. The van der Waals surface area contributed by atoms with E-state index >= 15 is 0 Å². The van der Waals surface area contributed by atoms with Crippen molar-refractivity contribution in [3.63, 3.8) is 0 Å². The van der Waals surface area contributed by atoms with Crippen molar-refractivity contribution in [2.45, 2.75) is 33.3 Å². The lowest BCUT2D eigenvalue weighted by Crippen LogP contribution is -2.30. The number of hydrogen-bond donors (Lipinski definition) is 1. The highest BCUT2D eigenvalue weighted by atomic mass is 16.7. The molecule has 2 heterocycles. The van der Waals surface area contributed by atoms with Gasteiger partial charge in [0.25, 0.3) is 5.91 Å². The summed E-state index contributed by atoms with van der Waals surface area (Å²) in [6, 6.07) is 12.5. The predicted molar refractivity (Wildman–Crippen MR) is 112 cm³/mol. The summed E-state index contributed by atoms with van der Waals surface area (Å²) in [5.74, 6) is 0.200. The zero-order valence-corrected chi connectivity index (χ0v) is 17.0. The normalized spacial score (nSPS) is 13.2. The van der Waals surface area contributed by atoms with E-state index in [4.69, 9.17) is 14.2 Å². The molecular weight excluding hydrogens is 384 g/mol. The van der Waals surface area contributed by atoms with Crippen LogP contribution in [0.3, 0.4) is 0 Å². The molecule has 7 heteroatoms. The molecule has 0 unspecified atom stereocenters. The summed E-state index contributed by atoms with van der Waals surface area (Å²) in [4.78, 5) is 30.2. The van der Waals surface area contributed by atoms with Gasteiger partial charge in [-0.2, -0.15) is 0 Å². The first kappa shape index (κ1) is 19.7. The van der Waals surface area contributed by atoms with E-state index in [1.54, 1.807) is 25.1 Å². The number of aryl methyl sites for hydroxylation is 1. The van der Waals surface area contributed by atoms with Gasteiger partial charge in [0.05, 0.1) is 11.1 Å². The fourth-order valence-corrected chi connectivity index (χ4v) is 3.46. The van der Waals surface area contributed by atoms with E-state index in [2.05, 4.69) is 10.3 Å². The number of nitrogens with zero attached hydrogens (tertiary/aromatic N) is 1. The van der Waals surface area contributed by atoms with Crippen molar-refractivity contribution < 1.29 is 23.8 Å². The first-order chi connectivity index (χ1) is 14.5. The minimum Gasteiger partial charge on any atom is -0.454 e. The van der Waals surface area contributed by atoms with E-state index in [1.165, 1.54) is 0 Å². The van der Waals surface area contributed by atoms with Gasteiger partial charge in [-0.15, -0.1) is 0 Å². The van der Waals surface area contributed by atoms with E-state index in [0.717, 1.165) is 16.8 Å². The van der Waals surface area contributed by atoms with E-state index < -0.39 is 18.0 Å². The minimum atomic E-state index is -0.987. The largest absolute Gasteiger partial charge is 0.454 e. The Morgan fingerprint density at radius 2 is 1.93 bits per heavy atom. The molecule has 4 rings (SSSR count). The average Bonchev–Trinajstić information content (AvgIpc) is 3.21. The van der Waals surface area contributed by atoms with Gasteiger partial charge < -0.3 is 19.5 Å². The van der Waals surface area contributed by atoms with Gasteiger partial charge in [0.2, 0.25) is 6.79 Å². The SMILES string of the molecule is CCc1nc2ccccc2c(C(=O)O[C@@H](C)C(=O)Nc2ccc3c(c2)OCO3)c1C. The van der Waals surface area contributed by atoms with Gasteiger partial charge in [0.1, 0.15) is 0 Å². The second-order valence-corrected chi connectivity index (χ2v) is 7.03. The Hall–Kier alpha value is -3.61. The van der Waals surface area contributed by atoms with Crippen LogP contribution >= 0.6 is 0 Å². The maximum absolute atomic E-state index is 13.0. The Morgan fingerprint density at radius 1 is 1.17 bits per heavy atom. The highest BCUT2D eigenvalue weighted by Gasteiger charge is 2.24. The molecule has 0 saturated carbocycles. The van der Waals surface area contributed by atoms with Gasteiger partial charge in [-0.05, 0) is 44.0 Å². The molecule has 1 atom stereocenters. The number of pyridine rings is 1. The first-order valence-electron chi connectivity index (χ1n) is 9.77. The Morgan fingerprint density at radius 3 is 2.73 bits per heavy atom. The summed E-state index contributed by atoms with van der Waals surface area (Å²) in [7, 11) is 0. The van der Waals surface area contributed by atoms with Crippen LogP contribution in [-0.4, -0.2) is 29.8 Å². The van der Waals surface area contributed by atoms with E-state index in [0.29, 0.717) is 34.6 Å². The number of nitrogens with one attached hydrogen (secondary N) is 1. The molecule has 0 radical (unpaired) electrons. The highest BCUT2D eigenvalue weighted by Crippen LogP contribution is 2.34. The summed E-state index contributed by atoms with van der Waals surface area (Å²) in [5.41, 5.74) is 3.30. The number of fused-ring (bicyclic) bond motifs is 2. The number of aromatic nitrogens is 1. The molecule has 30 heavy (non-hydrogen) atoms. The van der Waals surface area contributed by atoms with Crippen LogP contribution in [0.5, 0.6) is 11.5 Å². The Kier molecular flexibility index (Phi) is 5.27. The quantitative estimate of drug-likeness (QED) is 0.644. The van der Waals surface area contributed by atoms with Crippen LogP contribution < -0.4 is 14.8 Å². The Bertz CT molecular complexity index is 1140. The monoisotopic (exact) mass is 406 g/mol. The lowest BCUT2D eigenvalue weighted by atomic mass is 10.0. The summed E-state index contributed by atoms with van der Waals surface area (Å²) < 4.78 is 16.1. The third-order valence-corrected chi connectivity index (χ3v) is 5.07. The summed E-state index contributed by atoms with van der Waals surface area (Å²) in [6.45, 7) is 5.53. The number of amides is 1. The molecule has 1 aliphatic rings. The summed E-state index contributed by atoms with van der Waals surface area (Å²) >= 11 is 0. The van der Waals surface area contributed by atoms with Gasteiger partial charge >= 0.3 is 5.97 Å². The highest BCUT2D eigenvalue weighted by molar-refractivity contribution is 6.06. The lowest BCUT2D eigenvalue weighted by Gasteiger charge is -2.17. The van der Waals surface area contributed by atoms with Crippen molar-refractivity contribution in [2.24, 2.45) is 0 Å². The number of benzene rings is 2. The van der Waals surface area contributed by atoms with Crippen molar-refractivity contribution in [3.05, 3.63) is 59.3 Å². The fraction of sp³-hybridized carbons (Fsp3) is 0.261. The van der Waals surface area contributed by atoms with Crippen LogP contribution in [0.15, 0.2) is 42.5 Å². The third-order valence-electron chi connectivity index (χ3n) is 5.07. The maximum Gasteiger partial charge on any atom is 0.339 e. The number of carbonyl (C=O) groups is 2. The fourth-order valence-electron chi connectivity index (χ4n) is 3.46. The molecular formula is C23H22N2O5. The molecule has 1 amide bonds. The van der Waals surface area contributed by atoms with Crippen LogP contribution in [0.2, 0.25) is 0 Å². The number of hydrogen-bond acceptors (Lipinski definition) is 6. The summed E-state index contributed by atoms with van der Waals surface area (Å²) in [6.07, 6.45) is -0.295. The minimum absolute atomic E-state index is 0.153. The van der Waals surface area contributed by atoms with Crippen LogP contribution in [0.4, 0.5) is 5.69 Å². The molecule has 2 aromatic carbocycles. The van der Waals surface area contributed by atoms with E-state index in [1.807, 2.05) is 38.1 Å². The standard InChI is InChI=1S/C23H22N2O5/c1-4-17-13(2)21(16-7-5-6-8-18(16)25-17)23(27)30-14(3)22(26)24-15-9-10-19-20(11-15)29-12-28-19/h5-11,14H,4,12H2,1-3H3,(H,24,26)/t14-/m0/s1. The number of carbonyl (C=O) groups excluding carboxylic acids is 2. The number of para-hydroxylation sites is 1. The van der Waals surface area contributed by atoms with Gasteiger partial charge in [-0.1, -0.05) is 25.1 Å². The number of rotatable bonds is 5. The molecule has 0 fully saturated rings. The molecule has 0 bridgehead atoms. The van der Waals surface area contributed by atoms with Crippen LogP contribution in [0, 0.1) is 6.92 Å². The maximum atomic E-state index is 13.0. The van der Waals surface area contributed by atoms with Crippen molar-refractivity contribution in [2.75, 3.05) is 12.1 Å². The third kappa shape index (κ3) is 3.66. The molecule has 1 aromatic heterocycles. The summed E-state index contributed by atoms with van der Waals surface area (Å²) in [5, 5.41) is 3.45. The van der Waals surface area contributed by atoms with Crippen molar-refractivity contribution in [3.8, 4) is 11.5 Å². The number of esters is 1. The van der Waals surface area contributed by atoms with E-state index in [-0.39, 0.29) is 6.79 Å². The molecule has 0 aliphatic carbocycles. The second-order valence-electron chi connectivity index (χ2n) is 7.03. The van der Waals surface area contributed by atoms with Crippen LogP contribution in [-0.2, 0) is 16.0 Å². The Labute approximate surface area is 174 Å². The molecule has 0 saturated heterocycles. The lowest BCUT2D eigenvalue weighted by molar-refractivity contribution is -0.123. The van der Waals surface area contributed by atoms with Gasteiger partial charge in [-0.25, -0.2) is 4.79 Å². The van der Waals surface area contributed by atoms with Gasteiger partial charge in [-0.3, -0.25) is 9.78 Å². The number of anilines is 1. The van der Waals surface area contributed by atoms with Crippen LogP contribution in [0.1, 0.15) is 35.5 Å². The predicted octanol–water partition coefficient (Wildman–Crippen LogP) is 4.02. The smallest absolute Gasteiger partial charge is 0.339 e. The zero-order valence-electron chi connectivity index (χ0n) is 17.0. The second kappa shape index (κ2) is 8.02. The zero-order chi connectivity index (χ0) is 21.3. The van der Waals surface area contributed by atoms with Crippen LogP contribution in [0.25, 0.3) is 10.9 Å². The molecule has 0 spiro atoms. The van der Waals surface area contributed by atoms with E-state index in [9.17, 15) is 9.59 Å². The topological polar surface area (TPSA) is 86.8 Å². The average molecular weight is 406 g/mol. The molecule has 1 aliphatic heterocycles. The van der Waals surface area contributed by atoms with Crippen molar-refractivity contribution >= 4 is 28.5 Å². The van der Waals surface area contributed by atoms with Gasteiger partial charge in [0.15, 0.2) is 17.6 Å². The van der Waals surface area contributed by atoms with Crippen molar-refractivity contribution in [1.29, 1.82) is 0 Å². The van der Waals surface area contributed by atoms with Crippen molar-refractivity contribution in [1.82, 2.24) is 4.98 Å². The molecule has 3 aromatic rings. The molecule has 154 valence electrons. The molecule has 7 nitrogen and oxygen atoms in total. The number of ether oxygens (including phenoxy) is 3. The van der Waals surface area contributed by atoms with Gasteiger partial charge in [0, 0.05) is 22.8 Å². The Balaban J connectivity index is 1.53. The molecule has 1 N–H and O–H groups in total.